The number of rotatable bonds is 4. The Balaban J connectivity index is 2.12. The van der Waals surface area contributed by atoms with Crippen LogP contribution < -0.4 is 5.32 Å². The number of carbonyl (C=O) groups excluding carboxylic acids is 1. The number of ether oxygens (including phenoxy) is 1. The van der Waals surface area contributed by atoms with Crippen molar-refractivity contribution in [2.75, 3.05) is 7.11 Å². The number of hydrogen-bond donors (Lipinski definition) is 1. The van der Waals surface area contributed by atoms with Gasteiger partial charge in [-0.3, -0.25) is 4.79 Å². The van der Waals surface area contributed by atoms with Crippen LogP contribution in [0, 0.1) is 6.92 Å². The summed E-state index contributed by atoms with van der Waals surface area (Å²) in [7, 11) is 3.11. The van der Waals surface area contributed by atoms with Gasteiger partial charge < -0.3 is 10.1 Å². The van der Waals surface area contributed by atoms with Crippen molar-refractivity contribution in [2.24, 2.45) is 0 Å². The Morgan fingerprint density at radius 3 is 2.55 bits per heavy atom. The van der Waals surface area contributed by atoms with Gasteiger partial charge in [0.25, 0.3) is 15.0 Å². The molecule has 7 heteroatoms. The SMILES string of the molecule is COC1CC(NC(=O)c2cc(C)cc(S(=O)(=O)Cl)c2)C1. The molecule has 0 aliphatic heterocycles. The Bertz CT molecular complexity index is 623. The summed E-state index contributed by atoms with van der Waals surface area (Å²) in [6.07, 6.45) is 1.74. The molecule has 110 valence electrons. The third-order valence-corrected chi connectivity index (χ3v) is 4.69. The van der Waals surface area contributed by atoms with Gasteiger partial charge in [0.15, 0.2) is 0 Å². The highest BCUT2D eigenvalue weighted by Crippen LogP contribution is 2.24. The predicted octanol–water partition coefficient (Wildman–Crippen LogP) is 1.83. The predicted molar refractivity (Wildman–Crippen MR) is 75.5 cm³/mol. The van der Waals surface area contributed by atoms with Crippen LogP contribution in [-0.2, 0) is 13.8 Å². The van der Waals surface area contributed by atoms with Gasteiger partial charge in [-0.25, -0.2) is 8.42 Å². The Morgan fingerprint density at radius 2 is 2.00 bits per heavy atom. The highest BCUT2D eigenvalue weighted by molar-refractivity contribution is 8.13. The topological polar surface area (TPSA) is 72.5 Å². The van der Waals surface area contributed by atoms with Crippen LogP contribution in [0.3, 0.4) is 0 Å². The van der Waals surface area contributed by atoms with Crippen LogP contribution in [0.1, 0.15) is 28.8 Å². The fourth-order valence-electron chi connectivity index (χ4n) is 2.16. The number of nitrogens with one attached hydrogen (secondary N) is 1. The van der Waals surface area contributed by atoms with Crippen LogP contribution in [0.4, 0.5) is 0 Å². The highest BCUT2D eigenvalue weighted by Gasteiger charge is 2.30. The van der Waals surface area contributed by atoms with Crippen molar-refractivity contribution in [3.63, 3.8) is 0 Å². The Kier molecular flexibility index (Phi) is 4.36. The molecule has 1 aromatic rings. The van der Waals surface area contributed by atoms with Crippen LogP contribution in [-0.4, -0.2) is 33.6 Å². The first-order valence-electron chi connectivity index (χ1n) is 6.19. The Hall–Kier alpha value is -1.11. The van der Waals surface area contributed by atoms with E-state index in [1.54, 1.807) is 20.1 Å². The van der Waals surface area contributed by atoms with E-state index >= 15 is 0 Å². The number of aryl methyl sites for hydroxylation is 1. The molecule has 0 spiro atoms. The molecule has 1 aromatic carbocycles. The molecule has 2 rings (SSSR count). The lowest BCUT2D eigenvalue weighted by Gasteiger charge is -2.34. The first kappa shape index (κ1) is 15.3. The molecule has 5 nitrogen and oxygen atoms in total. The molecule has 0 radical (unpaired) electrons. The normalized spacial score (nSPS) is 22.1. The zero-order chi connectivity index (χ0) is 14.9. The second-order valence-corrected chi connectivity index (χ2v) is 7.54. The summed E-state index contributed by atoms with van der Waals surface area (Å²) in [4.78, 5) is 12.0. The fraction of sp³-hybridized carbons (Fsp3) is 0.462. The maximum absolute atomic E-state index is 12.1. The second-order valence-electron chi connectivity index (χ2n) is 4.97. The highest BCUT2D eigenvalue weighted by atomic mass is 35.7. The average Bonchev–Trinajstić information content (AvgIpc) is 2.31. The molecular formula is C13H16ClNO4S. The van der Waals surface area contributed by atoms with Crippen LogP contribution in [0.15, 0.2) is 23.1 Å². The van der Waals surface area contributed by atoms with Crippen LogP contribution in [0.2, 0.25) is 0 Å². The van der Waals surface area contributed by atoms with Crippen molar-refractivity contribution < 1.29 is 17.9 Å². The van der Waals surface area contributed by atoms with E-state index in [2.05, 4.69) is 5.32 Å². The van der Waals surface area contributed by atoms with Gasteiger partial charge in [-0.15, -0.1) is 0 Å². The second kappa shape index (κ2) is 5.71. The molecule has 0 saturated heterocycles. The van der Waals surface area contributed by atoms with E-state index in [4.69, 9.17) is 15.4 Å². The van der Waals surface area contributed by atoms with E-state index in [0.717, 1.165) is 12.8 Å². The average molecular weight is 318 g/mol. The van der Waals surface area contributed by atoms with E-state index < -0.39 is 9.05 Å². The smallest absolute Gasteiger partial charge is 0.261 e. The Morgan fingerprint density at radius 1 is 1.35 bits per heavy atom. The molecule has 20 heavy (non-hydrogen) atoms. The van der Waals surface area contributed by atoms with E-state index in [1.807, 2.05) is 0 Å². The van der Waals surface area contributed by atoms with Gasteiger partial charge in [-0.1, -0.05) is 0 Å². The number of halogens is 1. The molecule has 1 N–H and O–H groups in total. The zero-order valence-electron chi connectivity index (χ0n) is 11.2. The van der Waals surface area contributed by atoms with Crippen molar-refractivity contribution in [1.29, 1.82) is 0 Å². The quantitative estimate of drug-likeness (QED) is 0.860. The fourth-order valence-corrected chi connectivity index (χ4v) is 3.03. The lowest BCUT2D eigenvalue weighted by molar-refractivity contribution is 0.0176. The van der Waals surface area contributed by atoms with Crippen LogP contribution in [0.5, 0.6) is 0 Å². The lowest BCUT2D eigenvalue weighted by Crippen LogP contribution is -2.47. The molecule has 1 fully saturated rings. The Labute approximate surface area is 122 Å². The van der Waals surface area contributed by atoms with Crippen LogP contribution in [0.25, 0.3) is 0 Å². The number of methoxy groups -OCH3 is 1. The first-order chi connectivity index (χ1) is 9.29. The van der Waals surface area contributed by atoms with E-state index in [1.165, 1.54) is 12.1 Å². The zero-order valence-corrected chi connectivity index (χ0v) is 12.8. The van der Waals surface area contributed by atoms with Gasteiger partial charge >= 0.3 is 0 Å². The number of hydrogen-bond acceptors (Lipinski definition) is 4. The van der Waals surface area contributed by atoms with Crippen molar-refractivity contribution in [3.05, 3.63) is 29.3 Å². The number of benzene rings is 1. The summed E-state index contributed by atoms with van der Waals surface area (Å²) in [5.41, 5.74) is 0.963. The molecule has 1 aliphatic rings. The summed E-state index contributed by atoms with van der Waals surface area (Å²) in [6, 6.07) is 4.43. The summed E-state index contributed by atoms with van der Waals surface area (Å²) < 4.78 is 27.8. The van der Waals surface area contributed by atoms with Crippen molar-refractivity contribution in [1.82, 2.24) is 5.32 Å². The minimum atomic E-state index is -3.84. The molecule has 1 saturated carbocycles. The molecular weight excluding hydrogens is 302 g/mol. The van der Waals surface area contributed by atoms with E-state index in [9.17, 15) is 13.2 Å². The van der Waals surface area contributed by atoms with Gasteiger partial charge in [0, 0.05) is 29.4 Å². The number of carbonyl (C=O) groups is 1. The minimum absolute atomic E-state index is 0.0623. The van der Waals surface area contributed by atoms with Crippen LogP contribution >= 0.6 is 10.7 Å². The van der Waals surface area contributed by atoms with E-state index in [-0.39, 0.29) is 22.9 Å². The summed E-state index contributed by atoms with van der Waals surface area (Å²) >= 11 is 0. The van der Waals surface area contributed by atoms with Crippen molar-refractivity contribution in [2.45, 2.75) is 36.8 Å². The molecule has 1 aliphatic carbocycles. The van der Waals surface area contributed by atoms with Gasteiger partial charge in [-0.2, -0.15) is 0 Å². The molecule has 1 amide bonds. The summed E-state index contributed by atoms with van der Waals surface area (Å²) in [5.74, 6) is -0.296. The monoisotopic (exact) mass is 317 g/mol. The van der Waals surface area contributed by atoms with Crippen molar-refractivity contribution in [3.8, 4) is 0 Å². The van der Waals surface area contributed by atoms with Crippen molar-refractivity contribution >= 4 is 25.6 Å². The lowest BCUT2D eigenvalue weighted by atomic mass is 9.89. The largest absolute Gasteiger partial charge is 0.381 e. The third kappa shape index (κ3) is 3.50. The minimum Gasteiger partial charge on any atom is -0.381 e. The molecule has 0 unspecified atom stereocenters. The molecule has 0 heterocycles. The maximum atomic E-state index is 12.1. The summed E-state index contributed by atoms with van der Waals surface area (Å²) in [5, 5.41) is 2.85. The summed E-state index contributed by atoms with van der Waals surface area (Å²) in [6.45, 7) is 1.71. The van der Waals surface area contributed by atoms with E-state index in [0.29, 0.717) is 11.1 Å². The standard InChI is InChI=1S/C13H16ClNO4S/c1-8-3-9(5-12(4-8)20(14,17)18)13(16)15-10-6-11(7-10)19-2/h3-5,10-11H,6-7H2,1-2H3,(H,15,16). The van der Waals surface area contributed by atoms with Gasteiger partial charge in [0.2, 0.25) is 0 Å². The molecule has 0 bridgehead atoms. The number of amides is 1. The maximum Gasteiger partial charge on any atom is 0.261 e. The van der Waals surface area contributed by atoms with Gasteiger partial charge in [0.05, 0.1) is 11.0 Å². The van der Waals surface area contributed by atoms with Gasteiger partial charge in [-0.05, 0) is 43.5 Å². The molecule has 0 aromatic heterocycles. The van der Waals surface area contributed by atoms with Gasteiger partial charge in [0.1, 0.15) is 0 Å². The third-order valence-electron chi connectivity index (χ3n) is 3.36. The first-order valence-corrected chi connectivity index (χ1v) is 8.50. The molecule has 0 atom stereocenters.